The predicted molar refractivity (Wildman–Crippen MR) is 152 cm³/mol. The molecule has 0 aliphatic heterocycles. The van der Waals surface area contributed by atoms with Crippen molar-refractivity contribution in [3.63, 3.8) is 0 Å². The summed E-state index contributed by atoms with van der Waals surface area (Å²) in [7, 11) is 0. The van der Waals surface area contributed by atoms with Gasteiger partial charge in [0.25, 0.3) is 0 Å². The van der Waals surface area contributed by atoms with Crippen LogP contribution in [-0.2, 0) is 24.1 Å². The van der Waals surface area contributed by atoms with Crippen LogP contribution in [0.3, 0.4) is 0 Å². The molecule has 39 heavy (non-hydrogen) atoms. The topological polar surface area (TPSA) is 77.2 Å². The zero-order valence-electron chi connectivity index (χ0n) is 21.5. The van der Waals surface area contributed by atoms with Crippen LogP contribution < -0.4 is 11.1 Å². The summed E-state index contributed by atoms with van der Waals surface area (Å²) in [4.78, 5) is 19.1. The molecule has 2 heterocycles. The SMILES string of the molecule is CCc1cccc(CNC[C@@H](OC(=O)c2cc3cc4ccccc4nc3s2)[C@@H](N)Cc2cc(F)cc(F)c2)c1. The number of ether oxygens (including phenoxy) is 1. The highest BCUT2D eigenvalue weighted by atomic mass is 32.1. The Bertz CT molecular complexity index is 1550. The molecule has 0 amide bonds. The normalized spacial score (nSPS) is 13.0. The predicted octanol–water partition coefficient (Wildman–Crippen LogP) is 6.18. The molecule has 0 fully saturated rings. The Labute approximate surface area is 229 Å². The van der Waals surface area contributed by atoms with Crippen LogP contribution >= 0.6 is 11.3 Å². The number of aryl methyl sites for hydroxylation is 1. The minimum Gasteiger partial charge on any atom is -0.455 e. The Kier molecular flexibility index (Phi) is 8.26. The molecule has 0 saturated heterocycles. The number of pyridine rings is 1. The summed E-state index contributed by atoms with van der Waals surface area (Å²) >= 11 is 1.26. The maximum atomic E-state index is 13.8. The van der Waals surface area contributed by atoms with E-state index in [1.54, 1.807) is 6.07 Å². The molecule has 3 N–H and O–H groups in total. The number of carbonyl (C=O) groups excluding carboxylic acids is 1. The first-order chi connectivity index (χ1) is 18.9. The molecule has 8 heteroatoms. The third-order valence-electron chi connectivity index (χ3n) is 6.62. The maximum Gasteiger partial charge on any atom is 0.348 e. The zero-order chi connectivity index (χ0) is 27.4. The van der Waals surface area contributed by atoms with Gasteiger partial charge in [-0.25, -0.2) is 18.6 Å². The zero-order valence-corrected chi connectivity index (χ0v) is 22.3. The lowest BCUT2D eigenvalue weighted by molar-refractivity contribution is 0.0244. The van der Waals surface area contributed by atoms with Crippen LogP contribution in [0.15, 0.2) is 78.9 Å². The summed E-state index contributed by atoms with van der Waals surface area (Å²) in [6.45, 7) is 2.93. The average molecular weight is 546 g/mol. The smallest absolute Gasteiger partial charge is 0.348 e. The van der Waals surface area contributed by atoms with E-state index >= 15 is 0 Å². The second kappa shape index (κ2) is 12.0. The van der Waals surface area contributed by atoms with Crippen molar-refractivity contribution in [2.24, 2.45) is 5.73 Å². The Balaban J connectivity index is 1.34. The van der Waals surface area contributed by atoms with Gasteiger partial charge >= 0.3 is 5.97 Å². The molecule has 200 valence electrons. The first kappa shape index (κ1) is 26.9. The van der Waals surface area contributed by atoms with Gasteiger partial charge in [0, 0.05) is 36.0 Å². The molecule has 0 aliphatic rings. The number of carbonyl (C=O) groups is 1. The Morgan fingerprint density at radius 3 is 2.51 bits per heavy atom. The fraction of sp³-hybridized carbons (Fsp3) is 0.226. The Morgan fingerprint density at radius 2 is 1.72 bits per heavy atom. The molecule has 2 aromatic heterocycles. The van der Waals surface area contributed by atoms with Crippen molar-refractivity contribution >= 4 is 38.4 Å². The number of thiophene rings is 1. The van der Waals surface area contributed by atoms with Crippen molar-refractivity contribution in [1.29, 1.82) is 0 Å². The molecule has 5 nitrogen and oxygen atoms in total. The van der Waals surface area contributed by atoms with Gasteiger partial charge in [-0.3, -0.25) is 0 Å². The molecule has 0 unspecified atom stereocenters. The summed E-state index contributed by atoms with van der Waals surface area (Å²) < 4.78 is 33.5. The number of hydrogen-bond donors (Lipinski definition) is 2. The molecule has 5 rings (SSSR count). The van der Waals surface area contributed by atoms with Crippen LogP contribution in [0, 0.1) is 11.6 Å². The second-order valence-electron chi connectivity index (χ2n) is 9.58. The number of para-hydroxylation sites is 1. The number of nitrogens with two attached hydrogens (primary N) is 1. The van der Waals surface area contributed by atoms with Gasteiger partial charge in [-0.15, -0.1) is 11.3 Å². The summed E-state index contributed by atoms with van der Waals surface area (Å²) in [5, 5.41) is 5.18. The van der Waals surface area contributed by atoms with Crippen LogP contribution in [0.1, 0.15) is 33.3 Å². The number of nitrogens with zero attached hydrogens (tertiary/aromatic N) is 1. The number of aromatic nitrogens is 1. The lowest BCUT2D eigenvalue weighted by Gasteiger charge is -2.24. The van der Waals surface area contributed by atoms with Crippen molar-refractivity contribution < 1.29 is 18.3 Å². The van der Waals surface area contributed by atoms with Gasteiger partial charge in [0.15, 0.2) is 0 Å². The van der Waals surface area contributed by atoms with Crippen molar-refractivity contribution in [1.82, 2.24) is 10.3 Å². The number of fused-ring (bicyclic) bond motifs is 2. The number of benzene rings is 3. The standard InChI is InChI=1S/C31H29F2N3O2S/c1-2-19-6-5-7-20(10-19)17-35-18-28(26(34)13-21-11-24(32)16-25(33)12-21)38-31(37)29-15-23-14-22-8-3-4-9-27(22)36-30(23)39-29/h3-12,14-16,26,28,35H,2,13,17-18,34H2,1H3/t26-,28+/m0/s1. The minimum atomic E-state index is -0.740. The highest BCUT2D eigenvalue weighted by molar-refractivity contribution is 7.20. The van der Waals surface area contributed by atoms with Gasteiger partial charge in [-0.05, 0) is 59.9 Å². The largest absolute Gasteiger partial charge is 0.455 e. The van der Waals surface area contributed by atoms with Crippen LogP contribution in [0.2, 0.25) is 0 Å². The van der Waals surface area contributed by atoms with E-state index in [0.29, 0.717) is 17.0 Å². The number of rotatable bonds is 10. The molecule has 5 aromatic rings. The lowest BCUT2D eigenvalue weighted by atomic mass is 10.0. The first-order valence-corrected chi connectivity index (χ1v) is 13.7. The van der Waals surface area contributed by atoms with Gasteiger partial charge in [0.1, 0.15) is 27.4 Å². The molecular weight excluding hydrogens is 516 g/mol. The van der Waals surface area contributed by atoms with Gasteiger partial charge in [0.2, 0.25) is 0 Å². The molecule has 0 bridgehead atoms. The van der Waals surface area contributed by atoms with Crippen molar-refractivity contribution in [3.05, 3.63) is 112 Å². The molecule has 0 spiro atoms. The Hall–Kier alpha value is -3.72. The van der Waals surface area contributed by atoms with E-state index in [-0.39, 0.29) is 13.0 Å². The van der Waals surface area contributed by atoms with Crippen LogP contribution in [0.5, 0.6) is 0 Å². The molecule has 0 radical (unpaired) electrons. The van der Waals surface area contributed by atoms with E-state index in [2.05, 4.69) is 29.4 Å². The van der Waals surface area contributed by atoms with E-state index in [4.69, 9.17) is 10.5 Å². The molecule has 0 saturated carbocycles. The van der Waals surface area contributed by atoms with E-state index in [1.165, 1.54) is 29.0 Å². The minimum absolute atomic E-state index is 0.138. The van der Waals surface area contributed by atoms with E-state index in [0.717, 1.165) is 39.2 Å². The maximum absolute atomic E-state index is 13.8. The molecule has 0 aliphatic carbocycles. The monoisotopic (exact) mass is 545 g/mol. The van der Waals surface area contributed by atoms with Gasteiger partial charge < -0.3 is 15.8 Å². The summed E-state index contributed by atoms with van der Waals surface area (Å²) in [6, 6.07) is 22.4. The van der Waals surface area contributed by atoms with E-state index in [9.17, 15) is 13.6 Å². The number of hydrogen-bond acceptors (Lipinski definition) is 6. The van der Waals surface area contributed by atoms with Crippen LogP contribution in [0.25, 0.3) is 21.1 Å². The van der Waals surface area contributed by atoms with Crippen LogP contribution in [-0.4, -0.2) is 29.6 Å². The third kappa shape index (κ3) is 6.65. The van der Waals surface area contributed by atoms with Gasteiger partial charge in [-0.1, -0.05) is 49.4 Å². The summed E-state index contributed by atoms with van der Waals surface area (Å²) in [5.74, 6) is -1.86. The van der Waals surface area contributed by atoms with Crippen molar-refractivity contribution in [2.75, 3.05) is 6.54 Å². The third-order valence-corrected chi connectivity index (χ3v) is 7.64. The number of nitrogens with one attached hydrogen (secondary N) is 1. The van der Waals surface area contributed by atoms with Crippen molar-refractivity contribution in [2.45, 2.75) is 38.5 Å². The number of halogens is 2. The fourth-order valence-electron chi connectivity index (χ4n) is 4.60. The molecule has 3 aromatic carbocycles. The first-order valence-electron chi connectivity index (χ1n) is 12.9. The quantitative estimate of drug-likeness (QED) is 0.205. The van der Waals surface area contributed by atoms with Gasteiger partial charge in [-0.2, -0.15) is 0 Å². The van der Waals surface area contributed by atoms with Gasteiger partial charge in [0.05, 0.1) is 5.52 Å². The van der Waals surface area contributed by atoms with Crippen molar-refractivity contribution in [3.8, 4) is 0 Å². The summed E-state index contributed by atoms with van der Waals surface area (Å²) in [5.41, 5.74) is 10.1. The Morgan fingerprint density at radius 1 is 0.949 bits per heavy atom. The van der Waals surface area contributed by atoms with E-state index < -0.39 is 29.7 Å². The fourth-order valence-corrected chi connectivity index (χ4v) is 5.51. The van der Waals surface area contributed by atoms with E-state index in [1.807, 2.05) is 42.5 Å². The van der Waals surface area contributed by atoms with Crippen LogP contribution in [0.4, 0.5) is 8.78 Å². The second-order valence-corrected chi connectivity index (χ2v) is 10.6. The average Bonchev–Trinajstić information content (AvgIpc) is 3.33. The lowest BCUT2D eigenvalue weighted by Crippen LogP contribution is -2.45. The summed E-state index contributed by atoms with van der Waals surface area (Å²) in [6.07, 6.45) is 0.331. The molecular formula is C31H29F2N3O2S. The number of esters is 1. The highest BCUT2D eigenvalue weighted by Gasteiger charge is 2.25. The molecule has 2 atom stereocenters. The highest BCUT2D eigenvalue weighted by Crippen LogP contribution is 2.28.